The molecule has 0 saturated carbocycles. The zero-order chi connectivity index (χ0) is 13.9. The monoisotopic (exact) mass is 266 g/mol. The number of amides is 1. The Labute approximate surface area is 118 Å². The Morgan fingerprint density at radius 2 is 2.20 bits per heavy atom. The van der Waals surface area contributed by atoms with Crippen molar-refractivity contribution >= 4 is 5.91 Å². The number of hydrogen-bond donors (Lipinski definition) is 1. The maximum absolute atomic E-state index is 12.6. The van der Waals surface area contributed by atoms with Gasteiger partial charge in [-0.05, 0) is 31.2 Å². The molecule has 2 aromatic rings. The molecule has 1 aliphatic rings. The lowest BCUT2D eigenvalue weighted by Crippen LogP contribution is -2.57. The molecule has 1 saturated heterocycles. The van der Waals surface area contributed by atoms with Gasteiger partial charge in [-0.3, -0.25) is 9.78 Å². The summed E-state index contributed by atoms with van der Waals surface area (Å²) in [5.41, 5.74) is 2.43. The van der Waals surface area contributed by atoms with Crippen LogP contribution in [0.25, 0.3) is 11.1 Å². The minimum Gasteiger partial charge on any atom is -0.323 e. The molecule has 4 nitrogen and oxygen atoms in total. The highest BCUT2D eigenvalue weighted by Gasteiger charge is 2.32. The third-order valence-electron chi connectivity index (χ3n) is 3.67. The third-order valence-corrected chi connectivity index (χ3v) is 3.67. The quantitative estimate of drug-likeness (QED) is 0.923. The number of nitrogens with one attached hydrogen (secondary N) is 1. The molecule has 1 N–H and O–H groups in total. The Bertz CT molecular complexity index is 610. The molecule has 3 rings (SSSR count). The molecule has 2 heterocycles. The summed E-state index contributed by atoms with van der Waals surface area (Å²) >= 11 is 0. The molecule has 101 valence electrons. The van der Waals surface area contributed by atoms with Crippen molar-refractivity contribution in [1.82, 2.24) is 15.2 Å². The molecule has 0 spiro atoms. The summed E-state index contributed by atoms with van der Waals surface area (Å²) in [7, 11) is 1.88. The number of rotatable bonds is 3. The predicted octanol–water partition coefficient (Wildman–Crippen LogP) is 1.94. The van der Waals surface area contributed by atoms with E-state index in [0.29, 0.717) is 5.56 Å². The molecule has 1 unspecified atom stereocenters. The molecule has 4 heteroatoms. The summed E-state index contributed by atoms with van der Waals surface area (Å²) in [4.78, 5) is 18.5. The molecule has 1 aromatic heterocycles. The van der Waals surface area contributed by atoms with E-state index in [-0.39, 0.29) is 12.1 Å². The fourth-order valence-electron chi connectivity index (χ4n) is 2.47. The lowest BCUT2D eigenvalue weighted by molar-refractivity contribution is 0.0401. The maximum atomic E-state index is 12.6. The number of carbonyl (C=O) groups is 1. The van der Waals surface area contributed by atoms with Gasteiger partial charge in [0.05, 0.1) is 12.4 Å². The molecule has 1 aromatic carbocycles. The van der Waals surface area contributed by atoms with Gasteiger partial charge >= 0.3 is 0 Å². The van der Waals surface area contributed by atoms with E-state index in [4.69, 9.17) is 0 Å². The number of carbonyl (C=O) groups excluding carboxylic acids is 1. The normalized spacial score (nSPS) is 17.6. The first-order chi connectivity index (χ1) is 9.81. The second kappa shape index (κ2) is 5.43. The van der Waals surface area contributed by atoms with E-state index in [1.54, 1.807) is 6.20 Å². The highest BCUT2D eigenvalue weighted by molar-refractivity contribution is 6.01. The Morgan fingerprint density at radius 3 is 2.85 bits per heavy atom. The van der Waals surface area contributed by atoms with Crippen LogP contribution < -0.4 is 5.32 Å². The Hall–Kier alpha value is -2.20. The number of pyridine rings is 1. The zero-order valence-corrected chi connectivity index (χ0v) is 11.3. The summed E-state index contributed by atoms with van der Waals surface area (Å²) in [6.07, 6.45) is 5.77. The topological polar surface area (TPSA) is 45.2 Å². The molecular formula is C16H16N3O. The van der Waals surface area contributed by atoms with Gasteiger partial charge in [-0.1, -0.05) is 24.3 Å². The van der Waals surface area contributed by atoms with Gasteiger partial charge in [-0.15, -0.1) is 0 Å². The van der Waals surface area contributed by atoms with Crippen LogP contribution in [0.15, 0.2) is 42.6 Å². The summed E-state index contributed by atoms with van der Waals surface area (Å²) in [5.74, 6) is 0.0588. The Morgan fingerprint density at radius 1 is 1.35 bits per heavy atom. The zero-order valence-electron chi connectivity index (χ0n) is 11.3. The van der Waals surface area contributed by atoms with Gasteiger partial charge in [0.2, 0.25) is 0 Å². The highest BCUT2D eigenvalue weighted by atomic mass is 16.2. The minimum atomic E-state index is 0.0588. The van der Waals surface area contributed by atoms with Crippen molar-refractivity contribution in [3.8, 4) is 11.1 Å². The van der Waals surface area contributed by atoms with Crippen LogP contribution in [0.1, 0.15) is 16.8 Å². The molecule has 0 aliphatic carbocycles. The molecular weight excluding hydrogens is 250 g/mol. The average molecular weight is 266 g/mol. The van der Waals surface area contributed by atoms with Crippen molar-refractivity contribution in [2.45, 2.75) is 12.6 Å². The highest BCUT2D eigenvalue weighted by Crippen LogP contribution is 2.26. The molecule has 1 atom stereocenters. The summed E-state index contributed by atoms with van der Waals surface area (Å²) in [6, 6.07) is 11.4. The van der Waals surface area contributed by atoms with Gasteiger partial charge in [-0.2, -0.15) is 0 Å². The molecule has 1 radical (unpaired) electrons. The first kappa shape index (κ1) is 12.8. The van der Waals surface area contributed by atoms with Gasteiger partial charge in [0.1, 0.15) is 0 Å². The van der Waals surface area contributed by atoms with Crippen molar-refractivity contribution in [3.05, 3.63) is 54.4 Å². The first-order valence-corrected chi connectivity index (χ1v) is 6.71. The van der Waals surface area contributed by atoms with Crippen molar-refractivity contribution < 1.29 is 4.79 Å². The van der Waals surface area contributed by atoms with Crippen LogP contribution in [-0.2, 0) is 0 Å². The van der Waals surface area contributed by atoms with E-state index < -0.39 is 0 Å². The Kier molecular flexibility index (Phi) is 3.48. The van der Waals surface area contributed by atoms with Gasteiger partial charge in [0.25, 0.3) is 5.91 Å². The number of hydrogen-bond acceptors (Lipinski definition) is 3. The molecule has 20 heavy (non-hydrogen) atoms. The summed E-state index contributed by atoms with van der Waals surface area (Å²) < 4.78 is 0. The number of likely N-dealkylation sites (tertiary alicyclic amines) is 1. The van der Waals surface area contributed by atoms with Crippen molar-refractivity contribution in [3.63, 3.8) is 0 Å². The molecule has 0 bridgehead atoms. The van der Waals surface area contributed by atoms with E-state index >= 15 is 0 Å². The van der Waals surface area contributed by atoms with Crippen LogP contribution in [0.2, 0.25) is 0 Å². The standard InChI is InChI=1S/C16H16N3O/c1-17-15-8-10-19(15)16(20)14-7-3-2-6-13(14)12-5-4-9-18-11-12/h2-7,9,15,17H,8,10H2,1H3. The molecule has 1 aliphatic heterocycles. The van der Waals surface area contributed by atoms with E-state index in [9.17, 15) is 4.79 Å². The third kappa shape index (κ3) is 2.18. The van der Waals surface area contributed by atoms with E-state index in [1.165, 1.54) is 0 Å². The van der Waals surface area contributed by atoms with Crippen LogP contribution in [0, 0.1) is 6.20 Å². The smallest absolute Gasteiger partial charge is 0.255 e. The summed E-state index contributed by atoms with van der Waals surface area (Å²) in [6.45, 7) is 0.801. The van der Waals surface area contributed by atoms with Crippen LogP contribution in [0.4, 0.5) is 0 Å². The summed E-state index contributed by atoms with van der Waals surface area (Å²) in [5, 5.41) is 3.15. The first-order valence-electron chi connectivity index (χ1n) is 6.71. The maximum Gasteiger partial charge on any atom is 0.255 e. The molecule has 1 amide bonds. The van der Waals surface area contributed by atoms with Gasteiger partial charge in [-0.25, -0.2) is 0 Å². The van der Waals surface area contributed by atoms with E-state index in [1.807, 2.05) is 48.3 Å². The van der Waals surface area contributed by atoms with Crippen molar-refractivity contribution in [2.75, 3.05) is 13.6 Å². The van der Waals surface area contributed by atoms with E-state index in [2.05, 4.69) is 16.5 Å². The van der Waals surface area contributed by atoms with Gasteiger partial charge in [0.15, 0.2) is 0 Å². The van der Waals surface area contributed by atoms with Crippen molar-refractivity contribution in [2.24, 2.45) is 0 Å². The lowest BCUT2D eigenvalue weighted by Gasteiger charge is -2.41. The fourth-order valence-corrected chi connectivity index (χ4v) is 2.47. The number of benzene rings is 1. The van der Waals surface area contributed by atoms with Crippen LogP contribution in [0.3, 0.4) is 0 Å². The van der Waals surface area contributed by atoms with Crippen LogP contribution >= 0.6 is 0 Å². The lowest BCUT2D eigenvalue weighted by atomic mass is 9.98. The van der Waals surface area contributed by atoms with Crippen molar-refractivity contribution in [1.29, 1.82) is 0 Å². The largest absolute Gasteiger partial charge is 0.323 e. The minimum absolute atomic E-state index is 0.0588. The van der Waals surface area contributed by atoms with Gasteiger partial charge in [0, 0.05) is 23.9 Å². The fraction of sp³-hybridized carbons (Fsp3) is 0.250. The SMILES string of the molecule is CNC1CCN1C(=O)c1ccccc1-c1[c]nccc1. The van der Waals surface area contributed by atoms with Crippen LogP contribution in [-0.4, -0.2) is 35.5 Å². The average Bonchev–Trinajstić information content (AvgIpc) is 2.47. The van der Waals surface area contributed by atoms with Crippen LogP contribution in [0.5, 0.6) is 0 Å². The number of nitrogens with zero attached hydrogens (tertiary/aromatic N) is 2. The predicted molar refractivity (Wildman–Crippen MR) is 77.0 cm³/mol. The second-order valence-electron chi connectivity index (χ2n) is 4.80. The van der Waals surface area contributed by atoms with Gasteiger partial charge < -0.3 is 10.2 Å². The number of aromatic nitrogens is 1. The molecule has 1 fully saturated rings. The van der Waals surface area contributed by atoms with E-state index in [0.717, 1.165) is 24.1 Å². The second-order valence-corrected chi connectivity index (χ2v) is 4.80. The Balaban J connectivity index is 1.96.